The first-order chi connectivity index (χ1) is 37.2. The minimum Gasteiger partial charge on any atom is -0.509 e. The van der Waals surface area contributed by atoms with E-state index in [2.05, 4.69) is 310 Å². The third kappa shape index (κ3) is 10.4. The number of benzene rings is 8. The Kier molecular flexibility index (Phi) is 14.6. The molecule has 0 aliphatic carbocycles. The maximum atomic E-state index is 7.13. The van der Waals surface area contributed by atoms with Crippen LogP contribution in [0.4, 0.5) is 11.4 Å². The molecule has 0 saturated heterocycles. The molecule has 79 heavy (non-hydrogen) atoms. The molecule has 8 aromatic carbocycles. The van der Waals surface area contributed by atoms with Crippen LogP contribution in [0, 0.1) is 18.8 Å². The number of hydrogen-bond donors (Lipinski definition) is 0. The second-order valence-electron chi connectivity index (χ2n) is 24.7. The quantitative estimate of drug-likeness (QED) is 0.114. The SMILES string of the molecule is CC(C)(C)c1cc(Oc2[c-]c3c(cc2)c2ccccc2n3-c2cc(C(C)(C)c3ccccc3)ccn2)[c-]c(N2[CH-]N(c3cc(-c4ccccc4)cc(C(C)(C)C)c3)C(C(C)(C)c3ccccc3)=C2C(C)(C)c2ccccc2)c1.[Pt]. The summed E-state index contributed by atoms with van der Waals surface area (Å²) in [4.78, 5) is 9.91. The zero-order valence-corrected chi connectivity index (χ0v) is 50.0. The van der Waals surface area contributed by atoms with Gasteiger partial charge in [-0.1, -0.05) is 234 Å². The maximum absolute atomic E-state index is 7.13. The van der Waals surface area contributed by atoms with Gasteiger partial charge in [-0.05, 0) is 85.5 Å². The molecule has 2 aromatic heterocycles. The Balaban J connectivity index is 0.00000704. The van der Waals surface area contributed by atoms with Gasteiger partial charge >= 0.3 is 0 Å². The van der Waals surface area contributed by atoms with Crippen molar-refractivity contribution in [3.8, 4) is 28.4 Å². The van der Waals surface area contributed by atoms with Gasteiger partial charge in [0, 0.05) is 77.6 Å². The summed E-state index contributed by atoms with van der Waals surface area (Å²) in [5.41, 5.74) is 14.2. The number of nitrogens with zero attached hydrogens (tertiary/aromatic N) is 4. The first kappa shape index (κ1) is 54.9. The van der Waals surface area contributed by atoms with Crippen LogP contribution in [0.3, 0.4) is 0 Å². The minimum absolute atomic E-state index is 0. The molecule has 1 aliphatic rings. The van der Waals surface area contributed by atoms with Crippen molar-refractivity contribution in [3.05, 3.63) is 270 Å². The van der Waals surface area contributed by atoms with Crippen LogP contribution in [0.25, 0.3) is 38.8 Å². The van der Waals surface area contributed by atoms with E-state index in [0.717, 1.165) is 50.3 Å². The second-order valence-corrected chi connectivity index (χ2v) is 24.7. The largest absolute Gasteiger partial charge is 0.509 e. The van der Waals surface area contributed by atoms with Crippen molar-refractivity contribution >= 4 is 33.2 Å². The molecule has 11 rings (SSSR count). The zero-order chi connectivity index (χ0) is 54.8. The Morgan fingerprint density at radius 3 is 1.54 bits per heavy atom. The van der Waals surface area contributed by atoms with E-state index >= 15 is 0 Å². The first-order valence-corrected chi connectivity index (χ1v) is 27.4. The summed E-state index contributed by atoms with van der Waals surface area (Å²) in [6.45, 7) is 30.1. The summed E-state index contributed by atoms with van der Waals surface area (Å²) >= 11 is 0. The van der Waals surface area contributed by atoms with Crippen molar-refractivity contribution in [2.45, 2.75) is 110 Å². The van der Waals surface area contributed by atoms with Gasteiger partial charge in [-0.15, -0.1) is 53.6 Å². The Morgan fingerprint density at radius 2 is 0.949 bits per heavy atom. The molecule has 0 N–H and O–H groups in total. The van der Waals surface area contributed by atoms with Crippen molar-refractivity contribution in [1.82, 2.24) is 9.55 Å². The monoisotopic (exact) mass is 1210 g/mol. The summed E-state index contributed by atoms with van der Waals surface area (Å²) in [5, 5.41) is 2.20. The molecular formula is C73H71N4OPt-3. The maximum Gasteiger partial charge on any atom is 0.135 e. The van der Waals surface area contributed by atoms with Crippen LogP contribution in [0.5, 0.6) is 11.5 Å². The predicted octanol–water partition coefficient (Wildman–Crippen LogP) is 18.8. The van der Waals surface area contributed by atoms with Crippen LogP contribution >= 0.6 is 0 Å². The molecule has 3 heterocycles. The molecule has 0 saturated carbocycles. The third-order valence-corrected chi connectivity index (χ3v) is 16.2. The van der Waals surface area contributed by atoms with Crippen LogP contribution in [0.2, 0.25) is 0 Å². The van der Waals surface area contributed by atoms with E-state index in [1.807, 2.05) is 12.3 Å². The van der Waals surface area contributed by atoms with E-state index in [1.54, 1.807) is 0 Å². The van der Waals surface area contributed by atoms with E-state index in [0.29, 0.717) is 11.5 Å². The van der Waals surface area contributed by atoms with Crippen molar-refractivity contribution in [2.75, 3.05) is 9.80 Å². The molecule has 0 spiro atoms. The Hall–Kier alpha value is -7.46. The predicted molar refractivity (Wildman–Crippen MR) is 326 cm³/mol. The summed E-state index contributed by atoms with van der Waals surface area (Å²) in [7, 11) is 0. The fourth-order valence-electron chi connectivity index (χ4n) is 11.4. The molecule has 6 heteroatoms. The summed E-state index contributed by atoms with van der Waals surface area (Å²) in [5.74, 6) is 2.02. The van der Waals surface area contributed by atoms with Gasteiger partial charge in [-0.3, -0.25) is 0 Å². The molecule has 402 valence electrons. The normalized spacial score (nSPS) is 13.6. The molecule has 0 fully saturated rings. The van der Waals surface area contributed by atoms with Gasteiger partial charge in [-0.25, -0.2) is 4.98 Å². The smallest absolute Gasteiger partial charge is 0.135 e. The number of allylic oxidation sites excluding steroid dienone is 2. The molecule has 0 bridgehead atoms. The van der Waals surface area contributed by atoms with Crippen LogP contribution in [-0.4, -0.2) is 9.55 Å². The van der Waals surface area contributed by atoms with E-state index in [1.165, 1.54) is 44.6 Å². The number of para-hydroxylation sites is 1. The molecule has 5 nitrogen and oxygen atoms in total. The minimum atomic E-state index is -0.516. The summed E-state index contributed by atoms with van der Waals surface area (Å²) in [6.07, 6.45) is 1.93. The molecule has 0 atom stereocenters. The number of rotatable bonds is 12. The molecule has 0 radical (unpaired) electrons. The second kappa shape index (κ2) is 21.0. The summed E-state index contributed by atoms with van der Waals surface area (Å²) in [6, 6.07) is 79.7. The van der Waals surface area contributed by atoms with Crippen LogP contribution in [-0.2, 0) is 48.1 Å². The molecular weight excluding hydrogens is 1140 g/mol. The van der Waals surface area contributed by atoms with Gasteiger partial charge < -0.3 is 19.1 Å². The van der Waals surface area contributed by atoms with Gasteiger partial charge in [0.05, 0.1) is 0 Å². The number of fused-ring (bicyclic) bond motifs is 3. The van der Waals surface area contributed by atoms with Gasteiger partial charge in [0.2, 0.25) is 0 Å². The van der Waals surface area contributed by atoms with Crippen LogP contribution in [0.15, 0.2) is 218 Å². The third-order valence-electron chi connectivity index (χ3n) is 16.2. The van der Waals surface area contributed by atoms with Gasteiger partial charge in [-0.2, -0.15) is 6.07 Å². The molecule has 10 aromatic rings. The van der Waals surface area contributed by atoms with Crippen molar-refractivity contribution < 1.29 is 25.8 Å². The number of hydrogen-bond acceptors (Lipinski definition) is 4. The number of anilines is 2. The number of aromatic nitrogens is 2. The van der Waals surface area contributed by atoms with E-state index < -0.39 is 10.8 Å². The van der Waals surface area contributed by atoms with E-state index in [-0.39, 0.29) is 37.3 Å². The van der Waals surface area contributed by atoms with Crippen molar-refractivity contribution in [1.29, 1.82) is 0 Å². The van der Waals surface area contributed by atoms with E-state index in [9.17, 15) is 0 Å². The number of pyridine rings is 1. The average molecular weight is 1220 g/mol. The Labute approximate surface area is 483 Å². The van der Waals surface area contributed by atoms with Gasteiger partial charge in [0.1, 0.15) is 5.82 Å². The molecule has 0 amide bonds. The van der Waals surface area contributed by atoms with Crippen molar-refractivity contribution in [2.24, 2.45) is 0 Å². The molecule has 1 aliphatic heterocycles. The first-order valence-electron chi connectivity index (χ1n) is 27.4. The van der Waals surface area contributed by atoms with E-state index in [4.69, 9.17) is 9.72 Å². The van der Waals surface area contributed by atoms with Gasteiger partial charge in [0.25, 0.3) is 0 Å². The van der Waals surface area contributed by atoms with Crippen LogP contribution < -0.4 is 14.5 Å². The van der Waals surface area contributed by atoms with Crippen LogP contribution in [0.1, 0.15) is 116 Å². The average Bonchev–Trinajstić information content (AvgIpc) is 3.53. The topological polar surface area (TPSA) is 33.5 Å². The fourth-order valence-corrected chi connectivity index (χ4v) is 11.4. The Bertz CT molecular complexity index is 3840. The standard InChI is InChI=1S/C73H71N4O.Pt/c1-69(2,3)56-41-51(50-27-17-13-18-28-50)42-58(43-56)75-49-76(68(73(11,12)54-33-23-16-24-34-54)67(75)72(9,10)53-31-21-15-22-32-53)59-44-57(70(4,5)6)45-61(47-59)78-60-37-38-63-62-35-25-26-36-64(62)77(65(63)48-60)66-46-55(39-40-74-66)71(7,8)52-29-19-14-20-30-52;/h13-46,49H,1-12H3;/q-3;. The molecule has 0 unspecified atom stereocenters. The zero-order valence-electron chi connectivity index (χ0n) is 47.7. The van der Waals surface area contributed by atoms with Crippen molar-refractivity contribution in [3.63, 3.8) is 0 Å². The van der Waals surface area contributed by atoms with Gasteiger partial charge in [0.15, 0.2) is 0 Å². The Morgan fingerprint density at radius 1 is 0.418 bits per heavy atom. The summed E-state index contributed by atoms with van der Waals surface area (Å²) < 4.78 is 9.36. The fraction of sp³-hybridized carbons (Fsp3) is 0.233. The number of ether oxygens (including phenoxy) is 1.